The number of aliphatic hydroxyl groups is 1. The van der Waals surface area contributed by atoms with Gasteiger partial charge in [0.1, 0.15) is 11.6 Å². The van der Waals surface area contributed by atoms with E-state index < -0.39 is 17.7 Å². The summed E-state index contributed by atoms with van der Waals surface area (Å²) in [7, 11) is 0. The summed E-state index contributed by atoms with van der Waals surface area (Å²) in [6.45, 7) is 0. The lowest BCUT2D eigenvalue weighted by molar-refractivity contribution is 0.172. The maximum absolute atomic E-state index is 13.1. The van der Waals surface area contributed by atoms with Crippen molar-refractivity contribution in [3.05, 3.63) is 65.2 Å². The Kier molecular flexibility index (Phi) is 3.76. The van der Waals surface area contributed by atoms with Gasteiger partial charge in [-0.1, -0.05) is 18.2 Å². The maximum Gasteiger partial charge on any atom is 0.126 e. The number of fused-ring (bicyclic) bond motifs is 1. The lowest BCUT2D eigenvalue weighted by atomic mass is 10.0. The quantitative estimate of drug-likeness (QED) is 0.933. The van der Waals surface area contributed by atoms with Crippen LogP contribution in [0.5, 0.6) is 0 Å². The molecular formula is C16H14F2OS. The standard InChI is InChI=1S/C16H14F2OS/c17-12-5-10(6-13(18)9-12)7-14(19)16-8-11-3-1-2-4-15(11)20-16/h1-6,9,14,16,19H,7-8H2. The van der Waals surface area contributed by atoms with Crippen LogP contribution in [0.4, 0.5) is 8.78 Å². The molecule has 2 aromatic rings. The van der Waals surface area contributed by atoms with Gasteiger partial charge in [0.25, 0.3) is 0 Å². The number of rotatable bonds is 3. The van der Waals surface area contributed by atoms with Gasteiger partial charge in [-0.25, -0.2) is 8.78 Å². The van der Waals surface area contributed by atoms with Crippen molar-refractivity contribution in [2.24, 2.45) is 0 Å². The SMILES string of the molecule is OC(Cc1cc(F)cc(F)c1)C1Cc2ccccc2S1. The van der Waals surface area contributed by atoms with Gasteiger partial charge in [-0.2, -0.15) is 0 Å². The predicted molar refractivity (Wildman–Crippen MR) is 75.9 cm³/mol. The third-order valence-electron chi connectivity index (χ3n) is 3.47. The van der Waals surface area contributed by atoms with E-state index >= 15 is 0 Å². The second-order valence-electron chi connectivity index (χ2n) is 5.02. The Morgan fingerprint density at radius 2 is 1.85 bits per heavy atom. The molecule has 1 N–H and O–H groups in total. The molecule has 2 unspecified atom stereocenters. The van der Waals surface area contributed by atoms with Gasteiger partial charge in [0, 0.05) is 16.2 Å². The molecule has 0 spiro atoms. The Morgan fingerprint density at radius 1 is 1.15 bits per heavy atom. The van der Waals surface area contributed by atoms with Crippen LogP contribution in [0.25, 0.3) is 0 Å². The van der Waals surface area contributed by atoms with Crippen molar-refractivity contribution < 1.29 is 13.9 Å². The molecule has 0 bridgehead atoms. The molecule has 1 aliphatic heterocycles. The minimum atomic E-state index is -0.617. The Hall–Kier alpha value is -1.39. The van der Waals surface area contributed by atoms with Gasteiger partial charge < -0.3 is 5.11 Å². The topological polar surface area (TPSA) is 20.2 Å². The van der Waals surface area contributed by atoms with Crippen molar-refractivity contribution >= 4 is 11.8 Å². The summed E-state index contributed by atoms with van der Waals surface area (Å²) >= 11 is 1.63. The van der Waals surface area contributed by atoms with E-state index in [-0.39, 0.29) is 11.7 Å². The fourth-order valence-electron chi connectivity index (χ4n) is 2.53. The molecule has 104 valence electrons. The molecule has 0 radical (unpaired) electrons. The molecule has 0 saturated heterocycles. The summed E-state index contributed by atoms with van der Waals surface area (Å²) in [5, 5.41) is 10.3. The largest absolute Gasteiger partial charge is 0.392 e. The first kappa shape index (κ1) is 13.6. The highest BCUT2D eigenvalue weighted by molar-refractivity contribution is 8.00. The summed E-state index contributed by atoms with van der Waals surface area (Å²) in [5.41, 5.74) is 1.72. The van der Waals surface area contributed by atoms with Crippen LogP contribution in [0.2, 0.25) is 0 Å². The summed E-state index contributed by atoms with van der Waals surface area (Å²) in [6.07, 6.45) is 0.439. The molecule has 0 amide bonds. The Bertz CT molecular complexity index is 584. The highest BCUT2D eigenvalue weighted by Crippen LogP contribution is 2.38. The average Bonchev–Trinajstić information content (AvgIpc) is 2.81. The zero-order chi connectivity index (χ0) is 14.1. The molecule has 20 heavy (non-hydrogen) atoms. The summed E-state index contributed by atoms with van der Waals surface area (Å²) in [5.74, 6) is -1.20. The van der Waals surface area contributed by atoms with Crippen molar-refractivity contribution in [1.82, 2.24) is 0 Å². The number of aliphatic hydroxyl groups excluding tert-OH is 1. The zero-order valence-electron chi connectivity index (χ0n) is 10.7. The van der Waals surface area contributed by atoms with E-state index in [1.165, 1.54) is 22.6 Å². The molecular weight excluding hydrogens is 278 g/mol. The van der Waals surface area contributed by atoms with Crippen LogP contribution >= 0.6 is 11.8 Å². The van der Waals surface area contributed by atoms with Crippen molar-refractivity contribution in [2.75, 3.05) is 0 Å². The molecule has 2 atom stereocenters. The molecule has 0 aliphatic carbocycles. The molecule has 1 aliphatic rings. The van der Waals surface area contributed by atoms with E-state index in [9.17, 15) is 13.9 Å². The fraction of sp³-hybridized carbons (Fsp3) is 0.250. The normalized spacial score (nSPS) is 18.9. The number of halogens is 2. The molecule has 3 rings (SSSR count). The Balaban J connectivity index is 1.70. The minimum absolute atomic E-state index is 0.0405. The maximum atomic E-state index is 13.1. The average molecular weight is 292 g/mol. The highest BCUT2D eigenvalue weighted by Gasteiger charge is 2.28. The fourth-order valence-corrected chi connectivity index (χ4v) is 3.83. The van der Waals surface area contributed by atoms with E-state index in [2.05, 4.69) is 6.07 Å². The lowest BCUT2D eigenvalue weighted by Crippen LogP contribution is -2.25. The van der Waals surface area contributed by atoms with E-state index in [0.29, 0.717) is 5.56 Å². The predicted octanol–water partition coefficient (Wildman–Crippen LogP) is 3.59. The number of hydrogen-bond acceptors (Lipinski definition) is 2. The van der Waals surface area contributed by atoms with Gasteiger partial charge >= 0.3 is 0 Å². The third kappa shape index (κ3) is 2.86. The van der Waals surface area contributed by atoms with Gasteiger partial charge in [0.2, 0.25) is 0 Å². The Labute approximate surface area is 120 Å². The van der Waals surface area contributed by atoms with Crippen LogP contribution in [-0.2, 0) is 12.8 Å². The second-order valence-corrected chi connectivity index (χ2v) is 6.30. The van der Waals surface area contributed by atoms with Crippen molar-refractivity contribution in [1.29, 1.82) is 0 Å². The summed E-state index contributed by atoms with van der Waals surface area (Å²) in [6, 6.07) is 11.4. The monoisotopic (exact) mass is 292 g/mol. The van der Waals surface area contributed by atoms with Gasteiger partial charge in [0.15, 0.2) is 0 Å². The van der Waals surface area contributed by atoms with Gasteiger partial charge in [-0.3, -0.25) is 0 Å². The number of thioether (sulfide) groups is 1. The second kappa shape index (κ2) is 5.54. The molecule has 0 fully saturated rings. The molecule has 2 aromatic carbocycles. The van der Waals surface area contributed by atoms with E-state index in [0.717, 1.165) is 12.5 Å². The van der Waals surface area contributed by atoms with Gasteiger partial charge in [-0.15, -0.1) is 11.8 Å². The number of hydrogen-bond donors (Lipinski definition) is 1. The number of benzene rings is 2. The Morgan fingerprint density at radius 3 is 2.55 bits per heavy atom. The molecule has 4 heteroatoms. The molecule has 0 aromatic heterocycles. The van der Waals surface area contributed by atoms with Crippen LogP contribution < -0.4 is 0 Å². The van der Waals surface area contributed by atoms with Crippen molar-refractivity contribution in [3.63, 3.8) is 0 Å². The van der Waals surface area contributed by atoms with Crippen LogP contribution in [0.1, 0.15) is 11.1 Å². The van der Waals surface area contributed by atoms with E-state index in [1.54, 1.807) is 11.8 Å². The van der Waals surface area contributed by atoms with Gasteiger partial charge in [0.05, 0.1) is 6.10 Å². The molecule has 1 heterocycles. The first-order valence-corrected chi connectivity index (χ1v) is 7.37. The van der Waals surface area contributed by atoms with Crippen LogP contribution in [0, 0.1) is 11.6 Å². The van der Waals surface area contributed by atoms with Crippen LogP contribution in [-0.4, -0.2) is 16.5 Å². The minimum Gasteiger partial charge on any atom is -0.392 e. The lowest BCUT2D eigenvalue weighted by Gasteiger charge is -2.17. The third-order valence-corrected chi connectivity index (χ3v) is 4.90. The highest BCUT2D eigenvalue weighted by atomic mass is 32.2. The van der Waals surface area contributed by atoms with E-state index in [4.69, 9.17) is 0 Å². The van der Waals surface area contributed by atoms with Crippen LogP contribution in [0.3, 0.4) is 0 Å². The van der Waals surface area contributed by atoms with Crippen molar-refractivity contribution in [3.8, 4) is 0 Å². The molecule has 0 saturated carbocycles. The van der Waals surface area contributed by atoms with Crippen molar-refractivity contribution in [2.45, 2.75) is 29.1 Å². The van der Waals surface area contributed by atoms with Crippen LogP contribution in [0.15, 0.2) is 47.4 Å². The summed E-state index contributed by atoms with van der Waals surface area (Å²) in [4.78, 5) is 1.18. The first-order chi connectivity index (χ1) is 9.61. The molecule has 1 nitrogen and oxygen atoms in total. The summed E-state index contributed by atoms with van der Waals surface area (Å²) < 4.78 is 26.3. The first-order valence-electron chi connectivity index (χ1n) is 6.49. The van der Waals surface area contributed by atoms with E-state index in [1.807, 2.05) is 18.2 Å². The van der Waals surface area contributed by atoms with Gasteiger partial charge in [-0.05, 0) is 42.2 Å². The smallest absolute Gasteiger partial charge is 0.126 e. The zero-order valence-corrected chi connectivity index (χ0v) is 11.5.